The first-order valence-corrected chi connectivity index (χ1v) is 8.73. The number of rotatable bonds is 7. The van der Waals surface area contributed by atoms with Gasteiger partial charge in [0.15, 0.2) is 0 Å². The van der Waals surface area contributed by atoms with E-state index >= 15 is 0 Å². The van der Waals surface area contributed by atoms with Crippen LogP contribution in [-0.4, -0.2) is 49.1 Å². The number of aliphatic carboxylic acids is 2. The van der Waals surface area contributed by atoms with Crippen LogP contribution in [0.1, 0.15) is 15.9 Å². The molecule has 0 aliphatic rings. The molecule has 2 aromatic heterocycles. The lowest BCUT2D eigenvalue weighted by Crippen LogP contribution is -2.46. The third kappa shape index (κ3) is 4.73. The second kappa shape index (κ2) is 8.78. The topological polar surface area (TPSA) is 154 Å². The van der Waals surface area contributed by atoms with Crippen LogP contribution >= 0.6 is 0 Å². The van der Waals surface area contributed by atoms with Crippen LogP contribution in [0.3, 0.4) is 0 Å². The second-order valence-electron chi connectivity index (χ2n) is 6.24. The van der Waals surface area contributed by atoms with E-state index in [9.17, 15) is 14.4 Å². The maximum atomic E-state index is 12.3. The number of hydrogen-bond donors (Lipinski definition) is 4. The lowest BCUT2D eigenvalue weighted by molar-refractivity contribution is -0.150. The van der Waals surface area contributed by atoms with Crippen LogP contribution in [-0.2, 0) is 9.59 Å². The van der Waals surface area contributed by atoms with Gasteiger partial charge in [0, 0.05) is 35.4 Å². The van der Waals surface area contributed by atoms with Crippen molar-refractivity contribution in [1.82, 2.24) is 20.3 Å². The van der Waals surface area contributed by atoms with Gasteiger partial charge in [-0.1, -0.05) is 6.07 Å². The van der Waals surface area contributed by atoms with Gasteiger partial charge in [-0.3, -0.25) is 9.78 Å². The maximum absolute atomic E-state index is 12.3. The average molecular weight is 407 g/mol. The summed E-state index contributed by atoms with van der Waals surface area (Å²) >= 11 is 0. The number of hydrogen-bond acceptors (Lipinski definition) is 7. The molecule has 1 amide bonds. The molecule has 2 heterocycles. The minimum atomic E-state index is -2.05. The summed E-state index contributed by atoms with van der Waals surface area (Å²) in [6.45, 7) is 1.80. The van der Waals surface area contributed by atoms with Crippen molar-refractivity contribution in [3.05, 3.63) is 66.1 Å². The quantitative estimate of drug-likeness (QED) is 0.430. The Bertz CT molecular complexity index is 1090. The molecule has 0 bridgehead atoms. The summed E-state index contributed by atoms with van der Waals surface area (Å²) < 4.78 is 0. The van der Waals surface area contributed by atoms with Gasteiger partial charge in [0.2, 0.25) is 12.0 Å². The van der Waals surface area contributed by atoms with E-state index in [0.29, 0.717) is 11.4 Å². The number of nitrogens with one attached hydrogen (secondary N) is 2. The Morgan fingerprint density at radius 1 is 1.03 bits per heavy atom. The molecule has 0 aliphatic carbocycles. The molecule has 152 valence electrons. The minimum absolute atomic E-state index is 0.0824. The Balaban J connectivity index is 1.83. The molecule has 0 unspecified atom stereocenters. The zero-order valence-corrected chi connectivity index (χ0v) is 15.7. The van der Waals surface area contributed by atoms with E-state index in [-0.39, 0.29) is 11.5 Å². The van der Waals surface area contributed by atoms with Gasteiger partial charge in [0.1, 0.15) is 0 Å². The van der Waals surface area contributed by atoms with Crippen LogP contribution in [0.15, 0.2) is 55.0 Å². The van der Waals surface area contributed by atoms with Gasteiger partial charge in [0.05, 0.1) is 5.69 Å². The highest BCUT2D eigenvalue weighted by Gasteiger charge is 2.28. The summed E-state index contributed by atoms with van der Waals surface area (Å²) in [5.74, 6) is -3.88. The van der Waals surface area contributed by atoms with Crippen molar-refractivity contribution in [2.45, 2.75) is 13.0 Å². The predicted octanol–water partition coefficient (Wildman–Crippen LogP) is 1.86. The van der Waals surface area contributed by atoms with Gasteiger partial charge < -0.3 is 20.8 Å². The van der Waals surface area contributed by atoms with Crippen molar-refractivity contribution in [3.63, 3.8) is 0 Å². The van der Waals surface area contributed by atoms with Gasteiger partial charge in [0.25, 0.3) is 5.91 Å². The van der Waals surface area contributed by atoms with Crippen LogP contribution in [0.5, 0.6) is 0 Å². The number of benzene rings is 1. The van der Waals surface area contributed by atoms with Crippen LogP contribution in [0.2, 0.25) is 0 Å². The van der Waals surface area contributed by atoms with Crippen LogP contribution < -0.4 is 10.6 Å². The molecule has 10 nitrogen and oxygen atoms in total. The summed E-state index contributed by atoms with van der Waals surface area (Å²) in [4.78, 5) is 47.0. The number of anilines is 2. The minimum Gasteiger partial charge on any atom is -0.479 e. The van der Waals surface area contributed by atoms with E-state index in [1.165, 1.54) is 12.1 Å². The molecule has 0 aliphatic heterocycles. The van der Waals surface area contributed by atoms with E-state index in [1.54, 1.807) is 43.7 Å². The SMILES string of the molecule is Cc1ccc(C(=O)NC(C(=O)O)C(=O)O)cc1Nc1nccc(-c2cccnc2)n1. The van der Waals surface area contributed by atoms with Crippen molar-refractivity contribution in [2.24, 2.45) is 0 Å². The molecule has 0 radical (unpaired) electrons. The monoisotopic (exact) mass is 407 g/mol. The predicted molar refractivity (Wildman–Crippen MR) is 106 cm³/mol. The van der Waals surface area contributed by atoms with Gasteiger partial charge in [-0.15, -0.1) is 0 Å². The van der Waals surface area contributed by atoms with Gasteiger partial charge in [-0.05, 0) is 42.8 Å². The first-order valence-electron chi connectivity index (χ1n) is 8.73. The average Bonchev–Trinajstić information content (AvgIpc) is 2.73. The number of carbonyl (C=O) groups is 3. The molecule has 0 atom stereocenters. The smallest absolute Gasteiger partial charge is 0.338 e. The molecule has 0 saturated carbocycles. The van der Waals surface area contributed by atoms with Crippen molar-refractivity contribution in [1.29, 1.82) is 0 Å². The highest BCUT2D eigenvalue weighted by atomic mass is 16.4. The molecule has 4 N–H and O–H groups in total. The van der Waals surface area contributed by atoms with Gasteiger partial charge >= 0.3 is 11.9 Å². The van der Waals surface area contributed by atoms with E-state index in [0.717, 1.165) is 11.1 Å². The first kappa shape index (κ1) is 20.4. The number of carbonyl (C=O) groups excluding carboxylic acids is 1. The molecule has 0 fully saturated rings. The number of pyridine rings is 1. The number of amides is 1. The summed E-state index contributed by atoms with van der Waals surface area (Å²) in [6, 6.07) is 7.90. The molecule has 30 heavy (non-hydrogen) atoms. The number of carboxylic acids is 2. The number of aromatic nitrogens is 3. The number of carboxylic acid groups (broad SMARTS) is 2. The van der Waals surface area contributed by atoms with Gasteiger partial charge in [-0.25, -0.2) is 19.6 Å². The van der Waals surface area contributed by atoms with Crippen LogP contribution in [0, 0.1) is 6.92 Å². The normalized spacial score (nSPS) is 10.5. The number of nitrogens with zero attached hydrogens (tertiary/aromatic N) is 3. The van der Waals surface area contributed by atoms with E-state index in [4.69, 9.17) is 10.2 Å². The Hall–Kier alpha value is -4.34. The van der Waals surface area contributed by atoms with E-state index < -0.39 is 23.9 Å². The first-order chi connectivity index (χ1) is 14.3. The van der Waals surface area contributed by atoms with Crippen molar-refractivity contribution < 1.29 is 24.6 Å². The summed E-state index contributed by atoms with van der Waals surface area (Å²) in [5.41, 5.74) is 2.82. The summed E-state index contributed by atoms with van der Waals surface area (Å²) in [6.07, 6.45) is 4.90. The molecule has 3 rings (SSSR count). The van der Waals surface area contributed by atoms with Crippen molar-refractivity contribution in [2.75, 3.05) is 5.32 Å². The molecule has 0 spiro atoms. The summed E-state index contributed by atoms with van der Waals surface area (Å²) in [7, 11) is 0. The molecular weight excluding hydrogens is 390 g/mol. The molecule has 0 saturated heterocycles. The lowest BCUT2D eigenvalue weighted by atomic mass is 10.1. The molecule has 1 aromatic carbocycles. The van der Waals surface area contributed by atoms with Crippen LogP contribution in [0.4, 0.5) is 11.6 Å². The maximum Gasteiger partial charge on any atom is 0.338 e. The fourth-order valence-electron chi connectivity index (χ4n) is 2.56. The number of aryl methyl sites for hydroxylation is 1. The van der Waals surface area contributed by atoms with Crippen molar-refractivity contribution in [3.8, 4) is 11.3 Å². The Morgan fingerprint density at radius 3 is 2.47 bits per heavy atom. The third-order valence-corrected chi connectivity index (χ3v) is 4.13. The highest BCUT2D eigenvalue weighted by molar-refractivity contribution is 6.04. The zero-order chi connectivity index (χ0) is 21.7. The molecular formula is C20H17N5O5. The fraction of sp³-hybridized carbons (Fsp3) is 0.100. The largest absolute Gasteiger partial charge is 0.479 e. The van der Waals surface area contributed by atoms with Crippen LogP contribution in [0.25, 0.3) is 11.3 Å². The van der Waals surface area contributed by atoms with Crippen molar-refractivity contribution >= 4 is 29.5 Å². The standard InChI is InChI=1S/C20H17N5O5/c1-11-4-5-12(17(26)25-16(18(27)28)19(29)30)9-15(11)24-20-22-8-6-14(23-20)13-3-2-7-21-10-13/h2-10,16H,1H3,(H,25,26)(H,27,28)(H,29,30)(H,22,23,24). The Kier molecular flexibility index (Phi) is 5.97. The molecule has 10 heteroatoms. The Morgan fingerprint density at radius 2 is 1.80 bits per heavy atom. The fourth-order valence-corrected chi connectivity index (χ4v) is 2.56. The lowest BCUT2D eigenvalue weighted by Gasteiger charge is -2.13. The third-order valence-electron chi connectivity index (χ3n) is 4.13. The molecule has 3 aromatic rings. The summed E-state index contributed by atoms with van der Waals surface area (Å²) in [5, 5.41) is 22.8. The Labute approximate surface area is 170 Å². The second-order valence-corrected chi connectivity index (χ2v) is 6.24. The zero-order valence-electron chi connectivity index (χ0n) is 15.7. The van der Waals surface area contributed by atoms with E-state index in [2.05, 4.69) is 20.3 Å². The van der Waals surface area contributed by atoms with Gasteiger partial charge in [-0.2, -0.15) is 0 Å². The highest BCUT2D eigenvalue weighted by Crippen LogP contribution is 2.22. The van der Waals surface area contributed by atoms with E-state index in [1.807, 2.05) is 11.4 Å².